The molecule has 0 saturated heterocycles. The molecule has 0 spiro atoms. The minimum Gasteiger partial charge on any atom is -0.383 e. The van der Waals surface area contributed by atoms with Gasteiger partial charge in [0.1, 0.15) is 0 Å². The van der Waals surface area contributed by atoms with Crippen molar-refractivity contribution in [2.45, 2.75) is 13.8 Å². The zero-order valence-corrected chi connectivity index (χ0v) is 11.6. The second kappa shape index (κ2) is 8.02. The Kier molecular flexibility index (Phi) is 7.49. The summed E-state index contributed by atoms with van der Waals surface area (Å²) < 4.78 is 4.83. The highest BCUT2D eigenvalue weighted by atomic mass is 16.5. The quantitative estimate of drug-likeness (QED) is 0.218. The van der Waals surface area contributed by atoms with Crippen LogP contribution in [0.3, 0.4) is 0 Å². The monoisotopic (exact) mass is 260 g/mol. The van der Waals surface area contributed by atoms with Crippen molar-refractivity contribution in [2.75, 3.05) is 40.4 Å². The number of nitrogens with zero attached hydrogens (tertiary/aromatic N) is 1. The summed E-state index contributed by atoms with van der Waals surface area (Å²) in [5, 5.41) is 2.71. The molecule has 7 nitrogen and oxygen atoms in total. The number of ether oxygens (including phenoxy) is 1. The molecule has 18 heavy (non-hydrogen) atoms. The van der Waals surface area contributed by atoms with Gasteiger partial charge in [-0.2, -0.15) is 0 Å². The zero-order valence-electron chi connectivity index (χ0n) is 11.6. The number of methoxy groups -OCH3 is 1. The normalized spacial score (nSPS) is 11.4. The fraction of sp³-hybridized carbons (Fsp3) is 0.818. The maximum absolute atomic E-state index is 11.5. The molecule has 0 aromatic heterocycles. The second-order valence-corrected chi connectivity index (χ2v) is 4.87. The van der Waals surface area contributed by atoms with Crippen molar-refractivity contribution in [1.82, 2.24) is 15.6 Å². The lowest BCUT2D eigenvalue weighted by atomic mass is 9.92. The third-order valence-electron chi connectivity index (χ3n) is 2.45. The Labute approximate surface area is 108 Å². The van der Waals surface area contributed by atoms with E-state index >= 15 is 0 Å². The molecule has 7 heteroatoms. The molecule has 0 unspecified atom stereocenters. The number of carbonyl (C=O) groups excluding carboxylic acids is 2. The number of amides is 2. The van der Waals surface area contributed by atoms with Crippen molar-refractivity contribution < 1.29 is 14.3 Å². The van der Waals surface area contributed by atoms with Gasteiger partial charge in [0.2, 0.25) is 11.8 Å². The fourth-order valence-electron chi connectivity index (χ4n) is 1.59. The van der Waals surface area contributed by atoms with E-state index in [1.807, 2.05) is 0 Å². The molecule has 0 heterocycles. The van der Waals surface area contributed by atoms with Crippen LogP contribution in [-0.2, 0) is 14.3 Å². The van der Waals surface area contributed by atoms with Crippen molar-refractivity contribution in [3.05, 3.63) is 0 Å². The Hall–Kier alpha value is -1.18. The van der Waals surface area contributed by atoms with E-state index in [1.165, 1.54) is 0 Å². The van der Waals surface area contributed by atoms with E-state index < -0.39 is 5.41 Å². The van der Waals surface area contributed by atoms with Gasteiger partial charge in [0.05, 0.1) is 18.6 Å². The Morgan fingerprint density at radius 2 is 2.00 bits per heavy atom. The molecule has 0 aliphatic rings. The molecular weight excluding hydrogens is 236 g/mol. The molecule has 0 aliphatic carbocycles. The molecule has 0 fully saturated rings. The van der Waals surface area contributed by atoms with Crippen molar-refractivity contribution in [2.24, 2.45) is 11.3 Å². The molecule has 106 valence electrons. The summed E-state index contributed by atoms with van der Waals surface area (Å²) in [5.41, 5.74) is 1.48. The number of nitrogens with one attached hydrogen (secondary N) is 2. The third-order valence-corrected chi connectivity index (χ3v) is 2.45. The standard InChI is InChI=1S/C11H24N4O3/c1-11(2,10(17)14-12)8-15(3)7-9(16)13-5-6-18-4/h5-8,12H2,1-4H3,(H,13,16)(H,14,17). The highest BCUT2D eigenvalue weighted by Gasteiger charge is 2.28. The van der Waals surface area contributed by atoms with Gasteiger partial charge in [0, 0.05) is 20.2 Å². The van der Waals surface area contributed by atoms with Crippen LogP contribution >= 0.6 is 0 Å². The summed E-state index contributed by atoms with van der Waals surface area (Å²) in [6.07, 6.45) is 0. The average molecular weight is 260 g/mol. The number of rotatable bonds is 8. The molecular formula is C11H24N4O3. The lowest BCUT2D eigenvalue weighted by Gasteiger charge is -2.28. The number of hydrazine groups is 1. The maximum Gasteiger partial charge on any atom is 0.240 e. The third kappa shape index (κ3) is 6.53. The van der Waals surface area contributed by atoms with Crippen molar-refractivity contribution in [1.29, 1.82) is 0 Å². The predicted molar refractivity (Wildman–Crippen MR) is 68.5 cm³/mol. The molecule has 0 rings (SSSR count). The van der Waals surface area contributed by atoms with Crippen molar-refractivity contribution in [3.8, 4) is 0 Å². The van der Waals surface area contributed by atoms with Crippen LogP contribution in [0.4, 0.5) is 0 Å². The van der Waals surface area contributed by atoms with Crippen LogP contribution < -0.4 is 16.6 Å². The van der Waals surface area contributed by atoms with Gasteiger partial charge in [-0.1, -0.05) is 0 Å². The zero-order chi connectivity index (χ0) is 14.2. The van der Waals surface area contributed by atoms with E-state index in [9.17, 15) is 9.59 Å². The average Bonchev–Trinajstić information content (AvgIpc) is 2.27. The van der Waals surface area contributed by atoms with Crippen molar-refractivity contribution >= 4 is 11.8 Å². The molecule has 0 bridgehead atoms. The summed E-state index contributed by atoms with van der Waals surface area (Å²) in [4.78, 5) is 24.8. The van der Waals surface area contributed by atoms with Crippen LogP contribution in [0.1, 0.15) is 13.8 Å². The first-order valence-corrected chi connectivity index (χ1v) is 5.78. The van der Waals surface area contributed by atoms with Gasteiger partial charge in [0.15, 0.2) is 0 Å². The highest BCUT2D eigenvalue weighted by Crippen LogP contribution is 2.15. The first-order valence-electron chi connectivity index (χ1n) is 5.78. The van der Waals surface area contributed by atoms with Crippen LogP contribution in [0.15, 0.2) is 0 Å². The Morgan fingerprint density at radius 3 is 2.50 bits per heavy atom. The summed E-state index contributed by atoms with van der Waals surface area (Å²) in [6, 6.07) is 0. The smallest absolute Gasteiger partial charge is 0.240 e. The number of hydrogen-bond acceptors (Lipinski definition) is 5. The molecule has 0 aromatic carbocycles. The summed E-state index contributed by atoms with van der Waals surface area (Å²) >= 11 is 0. The molecule has 2 amide bonds. The van der Waals surface area contributed by atoms with E-state index in [-0.39, 0.29) is 18.4 Å². The molecule has 0 aliphatic heterocycles. The van der Waals surface area contributed by atoms with Crippen LogP contribution in [0.2, 0.25) is 0 Å². The minimum absolute atomic E-state index is 0.0986. The largest absolute Gasteiger partial charge is 0.383 e. The van der Waals surface area contributed by atoms with Gasteiger partial charge < -0.3 is 10.1 Å². The molecule has 0 radical (unpaired) electrons. The highest BCUT2D eigenvalue weighted by molar-refractivity contribution is 5.81. The Morgan fingerprint density at radius 1 is 1.39 bits per heavy atom. The number of carbonyl (C=O) groups is 2. The predicted octanol–water partition coefficient (Wildman–Crippen LogP) is -1.30. The summed E-state index contributed by atoms with van der Waals surface area (Å²) in [6.45, 7) is 5.17. The van der Waals surface area contributed by atoms with E-state index in [1.54, 1.807) is 32.9 Å². The fourth-order valence-corrected chi connectivity index (χ4v) is 1.59. The van der Waals surface area contributed by atoms with Crippen LogP contribution in [-0.4, -0.2) is 57.1 Å². The van der Waals surface area contributed by atoms with E-state index in [2.05, 4.69) is 10.7 Å². The topological polar surface area (TPSA) is 96.7 Å². The van der Waals surface area contributed by atoms with Gasteiger partial charge in [0.25, 0.3) is 0 Å². The Bertz CT molecular complexity index is 281. The summed E-state index contributed by atoms with van der Waals surface area (Å²) in [7, 11) is 3.35. The lowest BCUT2D eigenvalue weighted by Crippen LogP contribution is -2.48. The van der Waals surface area contributed by atoms with E-state index in [4.69, 9.17) is 10.6 Å². The second-order valence-electron chi connectivity index (χ2n) is 4.87. The van der Waals surface area contributed by atoms with Gasteiger partial charge in [-0.15, -0.1) is 0 Å². The van der Waals surface area contributed by atoms with Gasteiger partial charge in [-0.05, 0) is 20.9 Å². The molecule has 0 atom stereocenters. The van der Waals surface area contributed by atoms with Gasteiger partial charge >= 0.3 is 0 Å². The van der Waals surface area contributed by atoms with Gasteiger partial charge in [-0.3, -0.25) is 19.9 Å². The van der Waals surface area contributed by atoms with Crippen LogP contribution in [0.5, 0.6) is 0 Å². The lowest BCUT2D eigenvalue weighted by molar-refractivity contribution is -0.131. The van der Waals surface area contributed by atoms with Crippen LogP contribution in [0, 0.1) is 5.41 Å². The maximum atomic E-state index is 11.5. The molecule has 0 aromatic rings. The first kappa shape index (κ1) is 16.8. The minimum atomic E-state index is -0.643. The van der Waals surface area contributed by atoms with Gasteiger partial charge in [-0.25, -0.2) is 5.84 Å². The number of hydrogen-bond donors (Lipinski definition) is 3. The van der Waals surface area contributed by atoms with Crippen LogP contribution in [0.25, 0.3) is 0 Å². The van der Waals surface area contributed by atoms with E-state index in [0.717, 1.165) is 0 Å². The molecule has 0 saturated carbocycles. The number of likely N-dealkylation sites (N-methyl/N-ethyl adjacent to an activating group) is 1. The summed E-state index contributed by atoms with van der Waals surface area (Å²) in [5.74, 6) is 4.75. The number of nitrogens with two attached hydrogens (primary N) is 1. The van der Waals surface area contributed by atoms with Crippen molar-refractivity contribution in [3.63, 3.8) is 0 Å². The SMILES string of the molecule is COCCNC(=O)CN(C)CC(C)(C)C(=O)NN. The Balaban J connectivity index is 4.06. The molecule has 4 N–H and O–H groups in total. The van der Waals surface area contributed by atoms with E-state index in [0.29, 0.717) is 19.7 Å². The first-order chi connectivity index (χ1) is 8.33.